The lowest BCUT2D eigenvalue weighted by atomic mass is 10.1. The first kappa shape index (κ1) is 29.0. The van der Waals surface area contributed by atoms with Crippen molar-refractivity contribution in [3.05, 3.63) is 85.5 Å². The van der Waals surface area contributed by atoms with Crippen LogP contribution in [0.25, 0.3) is 11.3 Å². The lowest BCUT2D eigenvalue weighted by Gasteiger charge is -2.26. The van der Waals surface area contributed by atoms with Crippen LogP contribution in [0.2, 0.25) is 5.02 Å². The summed E-state index contributed by atoms with van der Waals surface area (Å²) >= 11 is 7.28. The molecule has 11 nitrogen and oxygen atoms in total. The van der Waals surface area contributed by atoms with Crippen LogP contribution in [0.5, 0.6) is 5.75 Å². The standard InChI is InChI=1S/C25H22ClFN5O6PS2/c1-3-38-39(35)20-11-16(31-41(2,36)37)5-7-19(20)28-24(30-39)21-23(33)22(15-8-9-40-13-15)29-32(25(21)34)12-14-4-6-18(27)17(26)10-14/h4-11,13,31,33H,3,12H2,1-2H3,(H,28,30,35). The summed E-state index contributed by atoms with van der Waals surface area (Å²) in [4.78, 5) is 13.8. The van der Waals surface area contributed by atoms with Gasteiger partial charge in [0.2, 0.25) is 10.0 Å². The zero-order valence-corrected chi connectivity index (χ0v) is 24.7. The Morgan fingerprint density at radius 2 is 2.02 bits per heavy atom. The molecular formula is C25H22ClFN5O6PS2. The van der Waals surface area contributed by atoms with E-state index in [0.717, 1.165) is 10.9 Å². The number of aromatic nitrogens is 2. The van der Waals surface area contributed by atoms with Gasteiger partial charge in [0.1, 0.15) is 17.1 Å². The van der Waals surface area contributed by atoms with Crippen LogP contribution in [0, 0.1) is 5.82 Å². The number of aromatic hydroxyl groups is 1. The molecule has 1 aliphatic rings. The summed E-state index contributed by atoms with van der Waals surface area (Å²) in [7, 11) is -7.70. The first-order chi connectivity index (χ1) is 19.4. The number of rotatable bonds is 8. The van der Waals surface area contributed by atoms with Crippen LogP contribution in [0.1, 0.15) is 18.1 Å². The molecule has 16 heteroatoms. The smallest absolute Gasteiger partial charge is 0.348 e. The predicted molar refractivity (Wildman–Crippen MR) is 158 cm³/mol. The molecule has 0 saturated heterocycles. The van der Waals surface area contributed by atoms with Gasteiger partial charge in [-0.05, 0) is 54.3 Å². The van der Waals surface area contributed by atoms with Crippen molar-refractivity contribution in [2.24, 2.45) is 4.76 Å². The Bertz CT molecular complexity index is 1910. The van der Waals surface area contributed by atoms with Crippen LogP contribution in [0.15, 0.2) is 62.8 Å². The molecular weight excluding hydrogens is 616 g/mol. The Labute approximate surface area is 242 Å². The molecule has 214 valence electrons. The number of halogens is 2. The Kier molecular flexibility index (Phi) is 7.79. The Morgan fingerprint density at radius 3 is 2.68 bits per heavy atom. The molecule has 3 heterocycles. The number of nitrogens with zero attached hydrogens (tertiary/aromatic N) is 3. The van der Waals surface area contributed by atoms with Gasteiger partial charge in [0.15, 0.2) is 11.6 Å². The average Bonchev–Trinajstić information content (AvgIpc) is 3.42. The minimum absolute atomic E-state index is 0.0186. The lowest BCUT2D eigenvalue weighted by Crippen LogP contribution is -2.35. The summed E-state index contributed by atoms with van der Waals surface area (Å²) < 4.78 is 64.5. The molecule has 1 atom stereocenters. The SMILES string of the molecule is CCOP1(=O)N=C(c2c(O)c(-c3ccsc3)nn(Cc3ccc(F)c(Cl)c3)c2=O)Nc2ccc(NS(C)(=O)=O)cc21. The maximum Gasteiger partial charge on any atom is 0.348 e. The van der Waals surface area contributed by atoms with Crippen LogP contribution in [0.3, 0.4) is 0 Å². The maximum absolute atomic E-state index is 14.1. The van der Waals surface area contributed by atoms with Crippen LogP contribution in [-0.4, -0.2) is 42.0 Å². The van der Waals surface area contributed by atoms with E-state index in [9.17, 15) is 27.3 Å². The highest BCUT2D eigenvalue weighted by molar-refractivity contribution is 7.92. The van der Waals surface area contributed by atoms with E-state index >= 15 is 0 Å². The third-order valence-corrected chi connectivity index (χ3v) is 9.50. The fourth-order valence-electron chi connectivity index (χ4n) is 4.16. The number of amidine groups is 1. The minimum atomic E-state index is -4.07. The van der Waals surface area contributed by atoms with E-state index in [2.05, 4.69) is 19.9 Å². The monoisotopic (exact) mass is 637 g/mol. The van der Waals surface area contributed by atoms with E-state index in [1.807, 2.05) is 0 Å². The van der Waals surface area contributed by atoms with Gasteiger partial charge in [0.05, 0.1) is 35.4 Å². The second-order valence-corrected chi connectivity index (χ2v) is 13.8. The molecule has 0 spiro atoms. The van der Waals surface area contributed by atoms with Gasteiger partial charge < -0.3 is 14.9 Å². The van der Waals surface area contributed by atoms with Crippen molar-refractivity contribution >= 4 is 63.0 Å². The molecule has 0 fully saturated rings. The van der Waals surface area contributed by atoms with Crippen LogP contribution in [-0.2, 0) is 25.7 Å². The molecule has 0 amide bonds. The topological polar surface area (TPSA) is 152 Å². The molecule has 0 radical (unpaired) electrons. The Hall–Kier alpha value is -3.55. The van der Waals surface area contributed by atoms with Gasteiger partial charge in [0, 0.05) is 16.6 Å². The summed E-state index contributed by atoms with van der Waals surface area (Å²) in [5.74, 6) is -1.36. The van der Waals surface area contributed by atoms with Crippen molar-refractivity contribution in [3.8, 4) is 17.0 Å². The summed E-state index contributed by atoms with van der Waals surface area (Å²) in [6.45, 7) is 1.46. The first-order valence-corrected chi connectivity index (χ1v) is 16.7. The number of sulfonamides is 1. The molecule has 2 aromatic carbocycles. The highest BCUT2D eigenvalue weighted by Crippen LogP contribution is 2.52. The van der Waals surface area contributed by atoms with Gasteiger partial charge in [-0.25, -0.2) is 17.5 Å². The highest BCUT2D eigenvalue weighted by Gasteiger charge is 2.36. The molecule has 41 heavy (non-hydrogen) atoms. The predicted octanol–water partition coefficient (Wildman–Crippen LogP) is 4.62. The number of benzene rings is 2. The average molecular weight is 638 g/mol. The molecule has 1 aliphatic heterocycles. The number of fused-ring (bicyclic) bond motifs is 1. The maximum atomic E-state index is 14.1. The van der Waals surface area contributed by atoms with Crippen molar-refractivity contribution < 1.29 is 27.0 Å². The largest absolute Gasteiger partial charge is 0.505 e. The summed E-state index contributed by atoms with van der Waals surface area (Å²) in [6.07, 6.45) is 0.977. The third-order valence-electron chi connectivity index (χ3n) is 5.87. The van der Waals surface area contributed by atoms with Gasteiger partial charge >= 0.3 is 7.52 Å². The van der Waals surface area contributed by atoms with Crippen LogP contribution >= 0.6 is 30.5 Å². The number of anilines is 2. The highest BCUT2D eigenvalue weighted by atomic mass is 35.5. The van der Waals surface area contributed by atoms with Gasteiger partial charge in [0.25, 0.3) is 5.56 Å². The van der Waals surface area contributed by atoms with E-state index in [-0.39, 0.29) is 51.9 Å². The molecule has 0 aliphatic carbocycles. The minimum Gasteiger partial charge on any atom is -0.505 e. The number of nitrogens with one attached hydrogen (secondary N) is 2. The van der Waals surface area contributed by atoms with Crippen molar-refractivity contribution in [1.82, 2.24) is 9.78 Å². The number of hydrogen-bond acceptors (Lipinski definition) is 9. The second-order valence-electron chi connectivity index (χ2n) is 8.91. The van der Waals surface area contributed by atoms with E-state index in [1.165, 1.54) is 47.7 Å². The van der Waals surface area contributed by atoms with Crippen molar-refractivity contribution in [3.63, 3.8) is 0 Å². The van der Waals surface area contributed by atoms with Gasteiger partial charge in [-0.1, -0.05) is 17.7 Å². The lowest BCUT2D eigenvalue weighted by molar-refractivity contribution is 0.341. The normalized spacial score (nSPS) is 16.5. The van der Waals surface area contributed by atoms with Gasteiger partial charge in [-0.15, -0.1) is 0 Å². The van der Waals surface area contributed by atoms with E-state index in [0.29, 0.717) is 11.1 Å². The second kappa shape index (κ2) is 11.0. The molecule has 3 N–H and O–H groups in total. The van der Waals surface area contributed by atoms with E-state index in [4.69, 9.17) is 16.1 Å². The van der Waals surface area contributed by atoms with Crippen molar-refractivity contribution in [2.45, 2.75) is 13.5 Å². The Balaban J connectivity index is 1.69. The molecule has 5 rings (SSSR count). The third kappa shape index (κ3) is 5.92. The van der Waals surface area contributed by atoms with Crippen LogP contribution < -0.4 is 20.9 Å². The molecule has 2 aromatic heterocycles. The zero-order chi connectivity index (χ0) is 29.5. The zero-order valence-electron chi connectivity index (χ0n) is 21.5. The molecule has 0 bridgehead atoms. The fraction of sp³-hybridized carbons (Fsp3) is 0.160. The first-order valence-electron chi connectivity index (χ1n) is 11.9. The van der Waals surface area contributed by atoms with Crippen molar-refractivity contribution in [1.29, 1.82) is 0 Å². The van der Waals surface area contributed by atoms with Gasteiger partial charge in [-0.2, -0.15) is 21.2 Å². The fourth-order valence-corrected chi connectivity index (χ4v) is 7.36. The molecule has 1 unspecified atom stereocenters. The van der Waals surface area contributed by atoms with Crippen LogP contribution in [0.4, 0.5) is 15.8 Å². The number of hydrogen-bond donors (Lipinski definition) is 3. The summed E-state index contributed by atoms with van der Waals surface area (Å²) in [6, 6.07) is 9.90. The molecule has 4 aromatic rings. The van der Waals surface area contributed by atoms with Crippen molar-refractivity contribution in [2.75, 3.05) is 22.9 Å². The van der Waals surface area contributed by atoms with Gasteiger partial charge in [-0.3, -0.25) is 14.1 Å². The Morgan fingerprint density at radius 1 is 1.24 bits per heavy atom. The molecule has 0 saturated carbocycles. The van der Waals surface area contributed by atoms with E-state index < -0.39 is 34.7 Å². The summed E-state index contributed by atoms with van der Waals surface area (Å²) in [5.41, 5.74) is 0.306. The van der Waals surface area contributed by atoms with E-state index in [1.54, 1.807) is 23.8 Å². The quantitative estimate of drug-likeness (QED) is 0.237. The number of thiophene rings is 1. The summed E-state index contributed by atoms with van der Waals surface area (Å²) in [5, 5.41) is 22.0.